The lowest BCUT2D eigenvalue weighted by Crippen LogP contribution is -2.22. The summed E-state index contributed by atoms with van der Waals surface area (Å²) in [5.74, 6) is 2.49. The van der Waals surface area contributed by atoms with E-state index in [1.165, 1.54) is 6.42 Å². The summed E-state index contributed by atoms with van der Waals surface area (Å²) in [7, 11) is 3.75. The fourth-order valence-corrected chi connectivity index (χ4v) is 5.69. The molecule has 1 unspecified atom stereocenters. The smallest absolute Gasteiger partial charge is 0.306 e. The number of esters is 1. The van der Waals surface area contributed by atoms with Gasteiger partial charge in [0.15, 0.2) is 0 Å². The third kappa shape index (κ3) is 29.0. The molecule has 0 saturated heterocycles. The van der Waals surface area contributed by atoms with E-state index in [0.29, 0.717) is 12.3 Å². The van der Waals surface area contributed by atoms with Gasteiger partial charge in [0.25, 0.3) is 0 Å². The van der Waals surface area contributed by atoms with Crippen LogP contribution in [0.15, 0.2) is 72.9 Å². The van der Waals surface area contributed by atoms with Crippen molar-refractivity contribution in [3.63, 3.8) is 0 Å². The molecule has 1 atom stereocenters. The molecular formula is C33H54O2S2. The second kappa shape index (κ2) is 29.2. The summed E-state index contributed by atoms with van der Waals surface area (Å²) in [5, 5.41) is 0. The predicted octanol–water partition coefficient (Wildman–Crippen LogP) is 11.0. The summed E-state index contributed by atoms with van der Waals surface area (Å²) in [6.45, 7) is 8.70. The first-order chi connectivity index (χ1) is 18.1. The topological polar surface area (TPSA) is 26.3 Å². The lowest BCUT2D eigenvalue weighted by Gasteiger charge is -2.19. The molecule has 0 rings (SSSR count). The first-order valence-electron chi connectivity index (χ1n) is 14.4. The molecule has 0 fully saturated rings. The zero-order valence-corrected chi connectivity index (χ0v) is 25.7. The minimum Gasteiger partial charge on any atom is -0.461 e. The Labute approximate surface area is 237 Å². The number of hydrogen-bond acceptors (Lipinski definition) is 4. The van der Waals surface area contributed by atoms with E-state index in [-0.39, 0.29) is 12.1 Å². The fraction of sp³-hybridized carbons (Fsp3) is 0.606. The number of hydrogen-bond donors (Lipinski definition) is 0. The van der Waals surface area contributed by atoms with Gasteiger partial charge in [0.05, 0.1) is 0 Å². The Morgan fingerprint density at radius 1 is 0.676 bits per heavy atom. The molecule has 0 heterocycles. The summed E-state index contributed by atoms with van der Waals surface area (Å²) >= 11 is 0. The maximum atomic E-state index is 12.3. The Morgan fingerprint density at radius 2 is 1.16 bits per heavy atom. The van der Waals surface area contributed by atoms with Gasteiger partial charge in [-0.2, -0.15) is 0 Å². The summed E-state index contributed by atoms with van der Waals surface area (Å²) in [4.78, 5) is 12.3. The van der Waals surface area contributed by atoms with E-state index < -0.39 is 0 Å². The van der Waals surface area contributed by atoms with Crippen LogP contribution in [0.4, 0.5) is 0 Å². The van der Waals surface area contributed by atoms with E-state index in [9.17, 15) is 4.79 Å². The molecule has 0 radical (unpaired) electrons. The number of carbonyl (C=O) groups is 1. The molecule has 0 aromatic rings. The lowest BCUT2D eigenvalue weighted by molar-refractivity contribution is -0.148. The Balaban J connectivity index is 3.92. The number of allylic oxidation sites excluding steroid dienone is 12. The van der Waals surface area contributed by atoms with Crippen molar-refractivity contribution in [1.82, 2.24) is 0 Å². The van der Waals surface area contributed by atoms with Crippen molar-refractivity contribution in [2.45, 2.75) is 111 Å². The lowest BCUT2D eigenvalue weighted by atomic mass is 10.1. The first kappa shape index (κ1) is 35.6. The average Bonchev–Trinajstić information content (AvgIpc) is 2.87. The molecule has 0 aromatic carbocycles. The molecule has 0 saturated carbocycles. The normalized spacial score (nSPS) is 13.6. The SMILES string of the molecule is CC/C=C\C/C=C\C/C=C\CCCSSCC(CC(C)C)OC(=O)CCC/C=C\C/C=C\C/C=C\CC. The summed E-state index contributed by atoms with van der Waals surface area (Å²) in [6, 6.07) is 0. The van der Waals surface area contributed by atoms with Gasteiger partial charge >= 0.3 is 5.97 Å². The highest BCUT2D eigenvalue weighted by molar-refractivity contribution is 8.76. The molecule has 0 amide bonds. The molecule has 0 aliphatic rings. The molecule has 0 spiro atoms. The highest BCUT2D eigenvalue weighted by Crippen LogP contribution is 2.26. The number of ether oxygens (including phenoxy) is 1. The van der Waals surface area contributed by atoms with Crippen LogP contribution < -0.4 is 0 Å². The van der Waals surface area contributed by atoms with E-state index in [0.717, 1.165) is 75.7 Å². The predicted molar refractivity (Wildman–Crippen MR) is 171 cm³/mol. The van der Waals surface area contributed by atoms with Crippen LogP contribution in [-0.4, -0.2) is 23.6 Å². The second-order valence-electron chi connectivity index (χ2n) is 9.47. The van der Waals surface area contributed by atoms with Crippen LogP contribution in [0.5, 0.6) is 0 Å². The van der Waals surface area contributed by atoms with Gasteiger partial charge in [-0.15, -0.1) is 0 Å². The minimum atomic E-state index is -0.0483. The van der Waals surface area contributed by atoms with Gasteiger partial charge in [-0.25, -0.2) is 0 Å². The van der Waals surface area contributed by atoms with Crippen LogP contribution in [0.25, 0.3) is 0 Å². The van der Waals surface area contributed by atoms with Crippen molar-refractivity contribution < 1.29 is 9.53 Å². The second-order valence-corrected chi connectivity index (χ2v) is 12.1. The van der Waals surface area contributed by atoms with Gasteiger partial charge in [-0.05, 0) is 76.5 Å². The number of carbonyl (C=O) groups excluding carboxylic acids is 1. The maximum Gasteiger partial charge on any atom is 0.306 e. The monoisotopic (exact) mass is 546 g/mol. The Morgan fingerprint density at radius 3 is 1.68 bits per heavy atom. The first-order valence-corrected chi connectivity index (χ1v) is 16.9. The quantitative estimate of drug-likeness (QED) is 0.0520. The molecule has 210 valence electrons. The van der Waals surface area contributed by atoms with Crippen LogP contribution in [0.3, 0.4) is 0 Å². The third-order valence-electron chi connectivity index (χ3n) is 5.28. The van der Waals surface area contributed by atoms with E-state index >= 15 is 0 Å². The van der Waals surface area contributed by atoms with Crippen LogP contribution in [0.2, 0.25) is 0 Å². The zero-order valence-electron chi connectivity index (χ0n) is 24.1. The Kier molecular flexibility index (Phi) is 28.1. The van der Waals surface area contributed by atoms with Crippen LogP contribution >= 0.6 is 21.6 Å². The van der Waals surface area contributed by atoms with E-state index in [4.69, 9.17) is 4.74 Å². The van der Waals surface area contributed by atoms with Gasteiger partial charge in [0.1, 0.15) is 6.10 Å². The van der Waals surface area contributed by atoms with Gasteiger partial charge < -0.3 is 4.74 Å². The summed E-state index contributed by atoms with van der Waals surface area (Å²) in [5.41, 5.74) is 0. The Hall–Kier alpha value is -1.39. The summed E-state index contributed by atoms with van der Waals surface area (Å²) < 4.78 is 5.83. The standard InChI is InChI=1S/C33H54O2S2/c1-5-7-9-11-13-15-17-19-21-23-25-27-33(34)35-32(29-31(3)4)30-37-36-28-26-24-22-20-18-16-14-12-10-8-6-2/h7-10,13-16,19-22,31-32H,5-6,11-12,17-18,23-30H2,1-4H3/b9-7-,10-8-,15-13-,16-14-,21-19-,22-20-. The van der Waals surface area contributed by atoms with Crippen molar-refractivity contribution in [2.75, 3.05) is 11.5 Å². The highest BCUT2D eigenvalue weighted by Gasteiger charge is 2.16. The van der Waals surface area contributed by atoms with Gasteiger partial charge in [0.2, 0.25) is 0 Å². The van der Waals surface area contributed by atoms with Crippen LogP contribution in [0.1, 0.15) is 105 Å². The molecule has 0 aromatic heterocycles. The van der Waals surface area contributed by atoms with Crippen molar-refractivity contribution in [3.05, 3.63) is 72.9 Å². The van der Waals surface area contributed by atoms with Crippen molar-refractivity contribution in [2.24, 2.45) is 5.92 Å². The molecule has 2 nitrogen and oxygen atoms in total. The van der Waals surface area contributed by atoms with Crippen molar-refractivity contribution in [1.29, 1.82) is 0 Å². The van der Waals surface area contributed by atoms with Crippen LogP contribution in [0, 0.1) is 5.92 Å². The van der Waals surface area contributed by atoms with E-state index in [1.54, 1.807) is 0 Å². The molecule has 4 heteroatoms. The summed E-state index contributed by atoms with van der Waals surface area (Å²) in [6.07, 6.45) is 38.4. The van der Waals surface area contributed by atoms with Crippen LogP contribution in [-0.2, 0) is 9.53 Å². The molecule has 37 heavy (non-hydrogen) atoms. The van der Waals surface area contributed by atoms with Gasteiger partial charge in [-0.1, -0.05) is 122 Å². The fourth-order valence-electron chi connectivity index (χ4n) is 3.38. The number of rotatable bonds is 24. The van der Waals surface area contributed by atoms with Gasteiger partial charge in [0, 0.05) is 17.9 Å². The molecule has 0 aliphatic heterocycles. The van der Waals surface area contributed by atoms with E-state index in [1.807, 2.05) is 21.6 Å². The average molecular weight is 547 g/mol. The largest absolute Gasteiger partial charge is 0.461 e. The maximum absolute atomic E-state index is 12.3. The highest BCUT2D eigenvalue weighted by atomic mass is 33.1. The van der Waals surface area contributed by atoms with Crippen molar-refractivity contribution in [3.8, 4) is 0 Å². The molecule has 0 N–H and O–H groups in total. The van der Waals surface area contributed by atoms with E-state index in [2.05, 4.69) is 101 Å². The third-order valence-corrected chi connectivity index (χ3v) is 7.82. The van der Waals surface area contributed by atoms with Gasteiger partial charge in [-0.3, -0.25) is 4.79 Å². The van der Waals surface area contributed by atoms with Crippen molar-refractivity contribution >= 4 is 27.6 Å². The minimum absolute atomic E-state index is 0.0197. The molecule has 0 aliphatic carbocycles. The zero-order chi connectivity index (χ0) is 27.2. The number of unbranched alkanes of at least 4 members (excludes halogenated alkanes) is 2. The molecule has 0 bridgehead atoms. The molecular weight excluding hydrogens is 492 g/mol. The Bertz CT molecular complexity index is 686.